The lowest BCUT2D eigenvalue weighted by molar-refractivity contribution is -0.684. The smallest absolute Gasteiger partial charge is 0.290 e. The highest BCUT2D eigenvalue weighted by Gasteiger charge is 2.10. The third-order valence-corrected chi connectivity index (χ3v) is 2.95. The lowest BCUT2D eigenvalue weighted by Crippen LogP contribution is -2.39. The summed E-state index contributed by atoms with van der Waals surface area (Å²) in [5.74, 6) is 0.00663. The minimum absolute atomic E-state index is 0.132. The number of carbonyl (C=O) groups excluding carboxylic acids is 1. The number of carbonyl (C=O) groups is 1. The van der Waals surface area contributed by atoms with Crippen molar-refractivity contribution in [2.45, 2.75) is 6.54 Å². The normalized spacial score (nSPS) is 10.1. The maximum atomic E-state index is 11.8. The lowest BCUT2D eigenvalue weighted by Gasteiger charge is -2.03. The van der Waals surface area contributed by atoms with Crippen LogP contribution in [-0.2, 0) is 11.3 Å². The van der Waals surface area contributed by atoms with Gasteiger partial charge in [-0.05, 0) is 46.9 Å². The molecule has 0 radical (unpaired) electrons. The van der Waals surface area contributed by atoms with Gasteiger partial charge in [0.05, 0.1) is 0 Å². The minimum Gasteiger partial charge on any atom is -0.503 e. The Kier molecular flexibility index (Phi) is 4.14. The summed E-state index contributed by atoms with van der Waals surface area (Å²) in [6.45, 7) is 0.167. The molecule has 4 nitrogen and oxygen atoms in total. The van der Waals surface area contributed by atoms with Crippen molar-refractivity contribution in [3.63, 3.8) is 0 Å². The number of aromatic nitrogens is 1. The van der Waals surface area contributed by atoms with Crippen LogP contribution in [-0.4, -0.2) is 11.0 Å². The van der Waals surface area contributed by atoms with E-state index < -0.39 is 0 Å². The van der Waals surface area contributed by atoms with E-state index in [1.807, 2.05) is 24.3 Å². The third-order valence-electron chi connectivity index (χ3n) is 2.28. The molecule has 92 valence electrons. The van der Waals surface area contributed by atoms with Crippen molar-refractivity contribution in [2.24, 2.45) is 0 Å². The highest BCUT2D eigenvalue weighted by atomic mass is 127. The fourth-order valence-corrected chi connectivity index (χ4v) is 2.08. The zero-order chi connectivity index (χ0) is 13.0. The van der Waals surface area contributed by atoms with E-state index in [1.54, 1.807) is 22.9 Å². The maximum Gasteiger partial charge on any atom is 0.290 e. The second-order valence-electron chi connectivity index (χ2n) is 3.79. The first kappa shape index (κ1) is 12.8. The minimum atomic E-state index is -0.132. The number of rotatable bonds is 3. The fraction of sp³-hybridized carbons (Fsp3) is 0.0769. The number of nitrogens with one attached hydrogen (secondary N) is 1. The predicted octanol–water partition coefficient (Wildman–Crippen LogP) is 1.92. The van der Waals surface area contributed by atoms with Crippen molar-refractivity contribution in [3.8, 4) is 5.75 Å². The van der Waals surface area contributed by atoms with Crippen molar-refractivity contribution >= 4 is 34.2 Å². The standard InChI is InChI=1S/C13H11IN2O2/c14-10-3-1-4-11(7-10)15-13(18)9-16-6-2-5-12(17)8-16/h1-8H,9H2,(H-,15,17,18)/p+1. The SMILES string of the molecule is O=C(C[n+]1cccc(O)c1)Nc1cccc(I)c1. The Hall–Kier alpha value is -1.63. The molecule has 1 heterocycles. The summed E-state index contributed by atoms with van der Waals surface area (Å²) in [7, 11) is 0. The van der Waals surface area contributed by atoms with E-state index in [-0.39, 0.29) is 18.2 Å². The molecular formula is C13H12IN2O2+. The van der Waals surface area contributed by atoms with Gasteiger partial charge in [-0.3, -0.25) is 4.79 Å². The number of anilines is 1. The summed E-state index contributed by atoms with van der Waals surface area (Å²) in [5.41, 5.74) is 0.771. The molecular weight excluding hydrogens is 343 g/mol. The third kappa shape index (κ3) is 3.69. The van der Waals surface area contributed by atoms with Gasteiger partial charge in [-0.1, -0.05) is 6.07 Å². The Balaban J connectivity index is 2.01. The van der Waals surface area contributed by atoms with Crippen LogP contribution >= 0.6 is 22.6 Å². The van der Waals surface area contributed by atoms with Crippen LogP contribution in [0.5, 0.6) is 5.75 Å². The van der Waals surface area contributed by atoms with Gasteiger partial charge < -0.3 is 10.4 Å². The topological polar surface area (TPSA) is 53.2 Å². The van der Waals surface area contributed by atoms with E-state index in [0.29, 0.717) is 0 Å². The second-order valence-corrected chi connectivity index (χ2v) is 5.04. The van der Waals surface area contributed by atoms with Gasteiger partial charge in [-0.15, -0.1) is 0 Å². The number of hydrogen-bond acceptors (Lipinski definition) is 2. The van der Waals surface area contributed by atoms with Crippen LogP contribution in [0.25, 0.3) is 0 Å². The Morgan fingerprint density at radius 1 is 1.33 bits per heavy atom. The van der Waals surface area contributed by atoms with Crippen LogP contribution in [0.4, 0.5) is 5.69 Å². The molecule has 0 saturated heterocycles. The van der Waals surface area contributed by atoms with Gasteiger partial charge in [0.2, 0.25) is 12.7 Å². The molecule has 18 heavy (non-hydrogen) atoms. The summed E-state index contributed by atoms with van der Waals surface area (Å²) in [6, 6.07) is 10.8. The van der Waals surface area contributed by atoms with Gasteiger partial charge in [0.1, 0.15) is 0 Å². The quantitative estimate of drug-likeness (QED) is 0.653. The average molecular weight is 355 g/mol. The molecule has 1 aromatic heterocycles. The molecule has 0 unspecified atom stereocenters. The van der Waals surface area contributed by atoms with E-state index >= 15 is 0 Å². The van der Waals surface area contributed by atoms with Crippen molar-refractivity contribution in [2.75, 3.05) is 5.32 Å². The molecule has 0 atom stereocenters. The van der Waals surface area contributed by atoms with Crippen LogP contribution in [0.15, 0.2) is 48.8 Å². The number of hydrogen-bond donors (Lipinski definition) is 2. The predicted molar refractivity (Wildman–Crippen MR) is 76.1 cm³/mol. The zero-order valence-electron chi connectivity index (χ0n) is 9.51. The molecule has 1 aromatic carbocycles. The molecule has 0 saturated carbocycles. The fourth-order valence-electron chi connectivity index (χ4n) is 1.54. The molecule has 2 N–H and O–H groups in total. The molecule has 0 aliphatic rings. The van der Waals surface area contributed by atoms with Crippen molar-refractivity contribution < 1.29 is 14.5 Å². The molecule has 0 bridgehead atoms. The molecule has 0 aliphatic heterocycles. The summed E-state index contributed by atoms with van der Waals surface area (Å²) in [4.78, 5) is 11.8. The van der Waals surface area contributed by atoms with E-state index in [4.69, 9.17) is 0 Å². The molecule has 1 amide bonds. The Morgan fingerprint density at radius 3 is 2.89 bits per heavy atom. The number of halogens is 1. The Bertz CT molecular complexity index is 523. The molecule has 2 rings (SSSR count). The van der Waals surface area contributed by atoms with Gasteiger partial charge in [0, 0.05) is 15.3 Å². The summed E-state index contributed by atoms with van der Waals surface area (Å²) in [5, 5.41) is 12.1. The molecule has 0 aliphatic carbocycles. The number of pyridine rings is 1. The summed E-state index contributed by atoms with van der Waals surface area (Å²) >= 11 is 2.19. The van der Waals surface area contributed by atoms with Gasteiger partial charge >= 0.3 is 0 Å². The van der Waals surface area contributed by atoms with Crippen molar-refractivity contribution in [1.29, 1.82) is 0 Å². The lowest BCUT2D eigenvalue weighted by atomic mass is 10.3. The van der Waals surface area contributed by atoms with Gasteiger partial charge in [0.15, 0.2) is 11.9 Å². The Morgan fingerprint density at radius 2 is 2.17 bits per heavy atom. The highest BCUT2D eigenvalue weighted by Crippen LogP contribution is 2.12. The number of nitrogens with zero attached hydrogens (tertiary/aromatic N) is 1. The van der Waals surface area contributed by atoms with E-state index in [0.717, 1.165) is 9.26 Å². The van der Waals surface area contributed by atoms with Gasteiger partial charge in [0.25, 0.3) is 5.91 Å². The van der Waals surface area contributed by atoms with Crippen LogP contribution in [0, 0.1) is 3.57 Å². The first-order valence-corrected chi connectivity index (χ1v) is 6.45. The largest absolute Gasteiger partial charge is 0.503 e. The maximum absolute atomic E-state index is 11.8. The van der Waals surface area contributed by atoms with Crippen molar-refractivity contribution in [1.82, 2.24) is 0 Å². The van der Waals surface area contributed by atoms with Crippen LogP contribution in [0.1, 0.15) is 0 Å². The van der Waals surface area contributed by atoms with Crippen molar-refractivity contribution in [3.05, 3.63) is 52.4 Å². The van der Waals surface area contributed by atoms with E-state index in [9.17, 15) is 9.90 Å². The summed E-state index contributed by atoms with van der Waals surface area (Å²) in [6.07, 6.45) is 3.24. The molecule has 0 spiro atoms. The first-order valence-electron chi connectivity index (χ1n) is 5.37. The zero-order valence-corrected chi connectivity index (χ0v) is 11.7. The van der Waals surface area contributed by atoms with E-state index in [1.165, 1.54) is 6.20 Å². The number of benzene rings is 1. The van der Waals surface area contributed by atoms with Gasteiger partial charge in [-0.2, -0.15) is 4.57 Å². The van der Waals surface area contributed by atoms with E-state index in [2.05, 4.69) is 27.9 Å². The number of amides is 1. The highest BCUT2D eigenvalue weighted by molar-refractivity contribution is 14.1. The summed E-state index contributed by atoms with van der Waals surface area (Å²) < 4.78 is 2.69. The van der Waals surface area contributed by atoms with Crippen LogP contribution in [0.3, 0.4) is 0 Å². The first-order chi connectivity index (χ1) is 8.63. The monoisotopic (exact) mass is 355 g/mol. The second kappa shape index (κ2) is 5.81. The number of aromatic hydroxyl groups is 1. The molecule has 2 aromatic rings. The Labute approximate surface area is 118 Å². The molecule has 5 heteroatoms. The van der Waals surface area contributed by atoms with Gasteiger partial charge in [-0.25, -0.2) is 0 Å². The average Bonchev–Trinajstić information content (AvgIpc) is 2.28. The molecule has 0 fully saturated rings. The van der Waals surface area contributed by atoms with Crippen LogP contribution in [0.2, 0.25) is 0 Å². The van der Waals surface area contributed by atoms with Crippen LogP contribution < -0.4 is 9.88 Å².